The summed E-state index contributed by atoms with van der Waals surface area (Å²) >= 11 is 6.02. The molecular weight excluding hydrogens is 518 g/mol. The van der Waals surface area contributed by atoms with Gasteiger partial charge in [0.05, 0.1) is 24.4 Å². The number of aromatic nitrogens is 1. The number of methoxy groups -OCH3 is 1. The summed E-state index contributed by atoms with van der Waals surface area (Å²) in [4.78, 5) is 29.9. The normalized spacial score (nSPS) is 11.3. The highest BCUT2D eigenvalue weighted by Crippen LogP contribution is 2.37. The molecule has 2 amide bonds. The number of benzene rings is 3. The van der Waals surface area contributed by atoms with E-state index in [0.29, 0.717) is 33.1 Å². The van der Waals surface area contributed by atoms with Crippen molar-refractivity contribution in [1.29, 1.82) is 5.26 Å². The van der Waals surface area contributed by atoms with E-state index in [9.17, 15) is 20.0 Å². The van der Waals surface area contributed by atoms with Gasteiger partial charge in [-0.1, -0.05) is 35.9 Å². The summed E-state index contributed by atoms with van der Waals surface area (Å²) < 4.78 is 5.30. The fourth-order valence-corrected chi connectivity index (χ4v) is 4.03. The van der Waals surface area contributed by atoms with Crippen molar-refractivity contribution in [2.45, 2.75) is 13.0 Å². The number of phenolic OH excluding ortho intramolecular Hbond substituents is 1. The zero-order chi connectivity index (χ0) is 28.1. The summed E-state index contributed by atoms with van der Waals surface area (Å²) in [5.74, 6) is -0.736. The van der Waals surface area contributed by atoms with Crippen LogP contribution in [0.2, 0.25) is 5.02 Å². The molecule has 0 bridgehead atoms. The molecule has 0 saturated carbocycles. The second-order valence-corrected chi connectivity index (χ2v) is 9.00. The Morgan fingerprint density at radius 2 is 1.82 bits per heavy atom. The number of halogens is 1. The first kappa shape index (κ1) is 27.1. The van der Waals surface area contributed by atoms with Gasteiger partial charge in [0.2, 0.25) is 5.91 Å². The van der Waals surface area contributed by atoms with Gasteiger partial charge in [-0.25, -0.2) is 4.98 Å². The average Bonchev–Trinajstić information content (AvgIpc) is 2.92. The summed E-state index contributed by atoms with van der Waals surface area (Å²) in [7, 11) is 1.45. The maximum absolute atomic E-state index is 13.2. The highest BCUT2D eigenvalue weighted by Gasteiger charge is 2.21. The Hall–Kier alpha value is -4.91. The van der Waals surface area contributed by atoms with E-state index < -0.39 is 11.9 Å². The Labute approximate surface area is 229 Å². The van der Waals surface area contributed by atoms with Crippen LogP contribution < -0.4 is 21.1 Å². The van der Waals surface area contributed by atoms with Gasteiger partial charge in [0.25, 0.3) is 5.91 Å². The standard InChI is InChI=1S/C29H24ClN5O4/c1-16(32)28(37)33-19-7-5-6-17(12-19)22-14-24(20-11-10-18(30)13-25(20)36)34-27(23(22)15-31)35-29(38)21-8-3-4-9-26(21)39-2/h3-14,16,36H,32H2,1-2H3,(H,33,37)(H,34,35,38). The minimum atomic E-state index is -0.722. The van der Waals surface area contributed by atoms with Gasteiger partial charge in [-0.05, 0) is 61.0 Å². The Morgan fingerprint density at radius 3 is 2.51 bits per heavy atom. The monoisotopic (exact) mass is 541 g/mol. The maximum Gasteiger partial charge on any atom is 0.260 e. The third kappa shape index (κ3) is 5.99. The lowest BCUT2D eigenvalue weighted by atomic mass is 9.97. The molecule has 5 N–H and O–H groups in total. The van der Waals surface area contributed by atoms with Crippen LogP contribution in [-0.4, -0.2) is 35.1 Å². The number of amides is 2. The second-order valence-electron chi connectivity index (χ2n) is 8.57. The molecule has 9 nitrogen and oxygen atoms in total. The van der Waals surface area contributed by atoms with Crippen molar-refractivity contribution in [1.82, 2.24) is 4.98 Å². The smallest absolute Gasteiger partial charge is 0.260 e. The number of hydrogen-bond acceptors (Lipinski definition) is 7. The predicted octanol–water partition coefficient (Wildman–Crippen LogP) is 5.19. The summed E-state index contributed by atoms with van der Waals surface area (Å²) in [6.07, 6.45) is 0. The maximum atomic E-state index is 13.2. The van der Waals surface area contributed by atoms with E-state index in [4.69, 9.17) is 22.1 Å². The number of nitrogens with two attached hydrogens (primary N) is 1. The van der Waals surface area contributed by atoms with E-state index in [1.165, 1.54) is 13.2 Å². The number of hydrogen-bond donors (Lipinski definition) is 4. The lowest BCUT2D eigenvalue weighted by molar-refractivity contribution is -0.117. The number of pyridine rings is 1. The van der Waals surface area contributed by atoms with E-state index in [2.05, 4.69) is 21.7 Å². The number of aromatic hydroxyl groups is 1. The van der Waals surface area contributed by atoms with Crippen LogP contribution in [-0.2, 0) is 4.79 Å². The second kappa shape index (κ2) is 11.6. The van der Waals surface area contributed by atoms with Crippen LogP contribution in [0.25, 0.3) is 22.4 Å². The number of rotatable bonds is 7. The zero-order valence-electron chi connectivity index (χ0n) is 21.0. The van der Waals surface area contributed by atoms with Gasteiger partial charge in [0.1, 0.15) is 23.1 Å². The first-order valence-electron chi connectivity index (χ1n) is 11.8. The van der Waals surface area contributed by atoms with Crippen LogP contribution in [0.1, 0.15) is 22.8 Å². The van der Waals surface area contributed by atoms with Gasteiger partial charge in [-0.2, -0.15) is 5.26 Å². The molecule has 0 radical (unpaired) electrons. The average molecular weight is 542 g/mol. The molecule has 3 aromatic carbocycles. The van der Waals surface area contributed by atoms with Crippen LogP contribution >= 0.6 is 11.6 Å². The minimum Gasteiger partial charge on any atom is -0.507 e. The fraction of sp³-hybridized carbons (Fsp3) is 0.103. The first-order chi connectivity index (χ1) is 18.7. The molecule has 1 unspecified atom stereocenters. The van der Waals surface area contributed by atoms with Crippen LogP contribution in [0.3, 0.4) is 0 Å². The number of phenols is 1. The Kier molecular flexibility index (Phi) is 8.10. The highest BCUT2D eigenvalue weighted by atomic mass is 35.5. The summed E-state index contributed by atoms with van der Waals surface area (Å²) in [6, 6.07) is 21.0. The van der Waals surface area contributed by atoms with E-state index in [1.54, 1.807) is 73.7 Å². The van der Waals surface area contributed by atoms with Gasteiger partial charge >= 0.3 is 0 Å². The molecule has 1 aromatic heterocycles. The summed E-state index contributed by atoms with van der Waals surface area (Å²) in [5.41, 5.74) is 8.03. The first-order valence-corrected chi connectivity index (χ1v) is 12.1. The summed E-state index contributed by atoms with van der Waals surface area (Å²) in [6.45, 7) is 1.57. The van der Waals surface area contributed by atoms with Crippen molar-refractivity contribution in [3.05, 3.63) is 88.9 Å². The SMILES string of the molecule is COc1ccccc1C(=O)Nc1nc(-c2ccc(Cl)cc2O)cc(-c2cccc(NC(=O)C(C)N)c2)c1C#N. The molecular formula is C29H24ClN5O4. The van der Waals surface area contributed by atoms with Crippen molar-refractivity contribution >= 4 is 34.9 Å². The predicted molar refractivity (Wildman–Crippen MR) is 150 cm³/mol. The molecule has 0 spiro atoms. The molecule has 0 aliphatic carbocycles. The number of carbonyl (C=O) groups is 2. The lowest BCUT2D eigenvalue weighted by Gasteiger charge is -2.16. The molecule has 0 aliphatic heterocycles. The number of ether oxygens (including phenoxy) is 1. The van der Waals surface area contributed by atoms with E-state index in [-0.39, 0.29) is 34.3 Å². The summed E-state index contributed by atoms with van der Waals surface area (Å²) in [5, 5.41) is 26.5. The molecule has 0 fully saturated rings. The van der Waals surface area contributed by atoms with Gasteiger partial charge in [0.15, 0.2) is 5.82 Å². The minimum absolute atomic E-state index is 0.0275. The fourth-order valence-electron chi connectivity index (χ4n) is 3.86. The molecule has 1 heterocycles. The Bertz CT molecular complexity index is 1610. The number of anilines is 2. The number of nitriles is 1. The molecule has 4 aromatic rings. The number of para-hydroxylation sites is 1. The van der Waals surface area contributed by atoms with E-state index in [0.717, 1.165) is 0 Å². The Balaban J connectivity index is 1.89. The molecule has 196 valence electrons. The molecule has 10 heteroatoms. The molecule has 0 aliphatic rings. The van der Waals surface area contributed by atoms with E-state index >= 15 is 0 Å². The van der Waals surface area contributed by atoms with Crippen molar-refractivity contribution in [2.24, 2.45) is 5.73 Å². The Morgan fingerprint density at radius 1 is 1.05 bits per heavy atom. The molecule has 4 rings (SSSR count). The van der Waals surface area contributed by atoms with Gasteiger partial charge in [-0.3, -0.25) is 9.59 Å². The number of carbonyl (C=O) groups excluding carboxylic acids is 2. The zero-order valence-corrected chi connectivity index (χ0v) is 21.8. The third-order valence-corrected chi connectivity index (χ3v) is 6.04. The third-order valence-electron chi connectivity index (χ3n) is 5.81. The van der Waals surface area contributed by atoms with Crippen molar-refractivity contribution in [3.8, 4) is 40.0 Å². The molecule has 1 atom stereocenters. The largest absolute Gasteiger partial charge is 0.507 e. The van der Waals surface area contributed by atoms with Gasteiger partial charge in [-0.15, -0.1) is 0 Å². The van der Waals surface area contributed by atoms with Crippen molar-refractivity contribution in [2.75, 3.05) is 17.7 Å². The van der Waals surface area contributed by atoms with Crippen LogP contribution in [0, 0.1) is 11.3 Å². The molecule has 0 saturated heterocycles. The van der Waals surface area contributed by atoms with E-state index in [1.807, 2.05) is 0 Å². The quantitative estimate of drug-likeness (QED) is 0.251. The number of nitrogens with one attached hydrogen (secondary N) is 2. The van der Waals surface area contributed by atoms with Gasteiger partial charge in [0, 0.05) is 21.8 Å². The topological polar surface area (TPSA) is 150 Å². The number of nitrogens with zero attached hydrogens (tertiary/aromatic N) is 2. The lowest BCUT2D eigenvalue weighted by Crippen LogP contribution is -2.32. The van der Waals surface area contributed by atoms with Crippen molar-refractivity contribution in [3.63, 3.8) is 0 Å². The highest BCUT2D eigenvalue weighted by molar-refractivity contribution is 6.30. The molecule has 39 heavy (non-hydrogen) atoms. The van der Waals surface area contributed by atoms with Crippen LogP contribution in [0.5, 0.6) is 11.5 Å². The van der Waals surface area contributed by atoms with Crippen LogP contribution in [0.15, 0.2) is 72.8 Å². The van der Waals surface area contributed by atoms with Gasteiger partial charge < -0.3 is 26.2 Å². The van der Waals surface area contributed by atoms with Crippen molar-refractivity contribution < 1.29 is 19.4 Å². The van der Waals surface area contributed by atoms with Crippen LogP contribution in [0.4, 0.5) is 11.5 Å².